The second-order valence-corrected chi connectivity index (χ2v) is 6.20. The Kier molecular flexibility index (Phi) is 6.58. The summed E-state index contributed by atoms with van der Waals surface area (Å²) in [6, 6.07) is 11.7. The summed E-state index contributed by atoms with van der Waals surface area (Å²) in [7, 11) is 0. The number of hydrogen-bond donors (Lipinski definition) is 1. The monoisotopic (exact) mass is 278 g/mol. The Balaban J connectivity index is 1.87. The van der Waals surface area contributed by atoms with Crippen molar-refractivity contribution in [2.45, 2.75) is 31.7 Å². The lowest BCUT2D eigenvalue weighted by Gasteiger charge is -2.31. The van der Waals surface area contributed by atoms with E-state index < -0.39 is 0 Å². The molecule has 0 atom stereocenters. The topological polar surface area (TPSA) is 15.3 Å². The van der Waals surface area contributed by atoms with E-state index in [2.05, 4.69) is 46.8 Å². The molecule has 19 heavy (non-hydrogen) atoms. The fourth-order valence-electron chi connectivity index (χ4n) is 2.86. The van der Waals surface area contributed by atoms with Gasteiger partial charge in [-0.2, -0.15) is 11.8 Å². The minimum atomic E-state index is 0.754. The second kappa shape index (κ2) is 8.49. The van der Waals surface area contributed by atoms with Crippen LogP contribution in [0.3, 0.4) is 0 Å². The van der Waals surface area contributed by atoms with Crippen LogP contribution in [0.4, 0.5) is 5.69 Å². The molecule has 1 aromatic carbocycles. The van der Waals surface area contributed by atoms with E-state index in [-0.39, 0.29) is 0 Å². The minimum Gasteiger partial charge on any atom is -0.367 e. The van der Waals surface area contributed by atoms with Gasteiger partial charge in [0.15, 0.2) is 0 Å². The van der Waals surface area contributed by atoms with Gasteiger partial charge in [0.1, 0.15) is 0 Å². The van der Waals surface area contributed by atoms with Crippen molar-refractivity contribution in [1.29, 1.82) is 0 Å². The number of nitrogens with one attached hydrogen (secondary N) is 1. The molecule has 1 aromatic rings. The summed E-state index contributed by atoms with van der Waals surface area (Å²) in [6.45, 7) is 3.34. The Hall–Kier alpha value is -0.670. The molecular weight excluding hydrogens is 252 g/mol. The van der Waals surface area contributed by atoms with E-state index >= 15 is 0 Å². The summed E-state index contributed by atoms with van der Waals surface area (Å²) >= 11 is 1.91. The molecule has 0 heterocycles. The van der Waals surface area contributed by atoms with Crippen LogP contribution >= 0.6 is 11.8 Å². The van der Waals surface area contributed by atoms with Gasteiger partial charge in [-0.3, -0.25) is 0 Å². The van der Waals surface area contributed by atoms with E-state index in [0.29, 0.717) is 0 Å². The molecule has 0 spiro atoms. The first-order valence-corrected chi connectivity index (χ1v) is 8.82. The number of para-hydroxylation sites is 1. The molecule has 1 fully saturated rings. The maximum absolute atomic E-state index is 3.55. The highest BCUT2D eigenvalue weighted by Crippen LogP contribution is 2.27. The summed E-state index contributed by atoms with van der Waals surface area (Å²) < 4.78 is 0. The first-order valence-electron chi connectivity index (χ1n) is 7.43. The average Bonchev–Trinajstić information content (AvgIpc) is 2.98. The Labute approximate surface area is 122 Å². The Bertz CT molecular complexity index is 336. The molecule has 1 aliphatic carbocycles. The number of thioether (sulfide) groups is 1. The van der Waals surface area contributed by atoms with E-state index in [1.54, 1.807) is 0 Å². The molecule has 2 nitrogen and oxygen atoms in total. The molecular formula is C16H26N2S. The van der Waals surface area contributed by atoms with E-state index in [9.17, 15) is 0 Å². The van der Waals surface area contributed by atoms with Crippen LogP contribution in [0.1, 0.15) is 25.7 Å². The molecule has 3 heteroatoms. The SMILES string of the molecule is CSCCNCCN(c1ccccc1)C1CCCC1. The zero-order valence-electron chi connectivity index (χ0n) is 12.0. The highest BCUT2D eigenvalue weighted by molar-refractivity contribution is 7.98. The lowest BCUT2D eigenvalue weighted by atomic mass is 10.1. The van der Waals surface area contributed by atoms with Gasteiger partial charge in [-0.15, -0.1) is 0 Å². The van der Waals surface area contributed by atoms with Gasteiger partial charge in [-0.25, -0.2) is 0 Å². The number of rotatable bonds is 8. The third-order valence-corrected chi connectivity index (χ3v) is 4.48. The predicted octanol–water partition coefficient (Wildman–Crippen LogP) is 3.39. The summed E-state index contributed by atoms with van der Waals surface area (Å²) in [5, 5.41) is 3.55. The molecule has 0 aliphatic heterocycles. The first kappa shape index (κ1) is 14.7. The molecule has 0 radical (unpaired) electrons. The quantitative estimate of drug-likeness (QED) is 0.734. The first-order chi connectivity index (χ1) is 9.42. The van der Waals surface area contributed by atoms with Crippen LogP contribution < -0.4 is 10.2 Å². The van der Waals surface area contributed by atoms with Gasteiger partial charge in [0, 0.05) is 37.1 Å². The third-order valence-electron chi connectivity index (χ3n) is 3.87. The van der Waals surface area contributed by atoms with Crippen molar-refractivity contribution < 1.29 is 0 Å². The lowest BCUT2D eigenvalue weighted by molar-refractivity contribution is 0.584. The summed E-state index contributed by atoms with van der Waals surface area (Å²) in [4.78, 5) is 2.61. The highest BCUT2D eigenvalue weighted by Gasteiger charge is 2.22. The Morgan fingerprint density at radius 1 is 1.16 bits per heavy atom. The van der Waals surface area contributed by atoms with Crippen molar-refractivity contribution in [2.75, 3.05) is 36.5 Å². The number of nitrogens with zero attached hydrogens (tertiary/aromatic N) is 1. The maximum Gasteiger partial charge on any atom is 0.0369 e. The summed E-state index contributed by atoms with van der Waals surface area (Å²) in [5.41, 5.74) is 1.39. The van der Waals surface area contributed by atoms with Gasteiger partial charge < -0.3 is 10.2 Å². The summed E-state index contributed by atoms with van der Waals surface area (Å²) in [6.07, 6.45) is 7.68. The number of hydrogen-bond acceptors (Lipinski definition) is 3. The van der Waals surface area contributed by atoms with Gasteiger partial charge >= 0.3 is 0 Å². The molecule has 0 unspecified atom stereocenters. The van der Waals surface area contributed by atoms with Crippen LogP contribution in [0.25, 0.3) is 0 Å². The van der Waals surface area contributed by atoms with Gasteiger partial charge in [-0.1, -0.05) is 31.0 Å². The van der Waals surface area contributed by atoms with Crippen molar-refractivity contribution >= 4 is 17.4 Å². The van der Waals surface area contributed by atoms with E-state index in [0.717, 1.165) is 25.7 Å². The van der Waals surface area contributed by atoms with Gasteiger partial charge in [-0.05, 0) is 31.2 Å². The maximum atomic E-state index is 3.55. The van der Waals surface area contributed by atoms with Crippen LogP contribution in [0.15, 0.2) is 30.3 Å². The van der Waals surface area contributed by atoms with Crippen LogP contribution in [-0.4, -0.2) is 37.7 Å². The zero-order valence-corrected chi connectivity index (χ0v) is 12.8. The van der Waals surface area contributed by atoms with E-state index in [1.807, 2.05) is 11.8 Å². The molecule has 1 N–H and O–H groups in total. The lowest BCUT2D eigenvalue weighted by Crippen LogP contribution is -2.39. The largest absolute Gasteiger partial charge is 0.367 e. The molecule has 0 saturated heterocycles. The Morgan fingerprint density at radius 3 is 2.58 bits per heavy atom. The number of benzene rings is 1. The third kappa shape index (κ3) is 4.73. The molecule has 2 rings (SSSR count). The normalized spacial score (nSPS) is 15.8. The standard InChI is InChI=1S/C16H26N2S/c1-19-14-12-17-11-13-18(16-9-5-6-10-16)15-7-3-2-4-8-15/h2-4,7-8,16-17H,5-6,9-14H2,1H3. The van der Waals surface area contributed by atoms with Gasteiger partial charge in [0.2, 0.25) is 0 Å². The van der Waals surface area contributed by atoms with Crippen molar-refractivity contribution in [1.82, 2.24) is 5.32 Å². The Morgan fingerprint density at radius 2 is 1.89 bits per heavy atom. The van der Waals surface area contributed by atoms with Gasteiger partial charge in [0.05, 0.1) is 0 Å². The van der Waals surface area contributed by atoms with Crippen LogP contribution in [0.2, 0.25) is 0 Å². The highest BCUT2D eigenvalue weighted by atomic mass is 32.2. The van der Waals surface area contributed by atoms with Crippen LogP contribution in [0, 0.1) is 0 Å². The van der Waals surface area contributed by atoms with Crippen molar-refractivity contribution in [3.05, 3.63) is 30.3 Å². The van der Waals surface area contributed by atoms with Gasteiger partial charge in [0.25, 0.3) is 0 Å². The van der Waals surface area contributed by atoms with E-state index in [4.69, 9.17) is 0 Å². The van der Waals surface area contributed by atoms with E-state index in [1.165, 1.54) is 37.1 Å². The zero-order chi connectivity index (χ0) is 13.3. The fourth-order valence-corrected chi connectivity index (χ4v) is 3.21. The molecule has 106 valence electrons. The minimum absolute atomic E-state index is 0.754. The second-order valence-electron chi connectivity index (χ2n) is 5.21. The average molecular weight is 278 g/mol. The molecule has 0 bridgehead atoms. The fraction of sp³-hybridized carbons (Fsp3) is 0.625. The van der Waals surface area contributed by atoms with Crippen LogP contribution in [-0.2, 0) is 0 Å². The summed E-state index contributed by atoms with van der Waals surface area (Å²) in [5.74, 6) is 1.20. The van der Waals surface area contributed by atoms with Crippen molar-refractivity contribution in [3.8, 4) is 0 Å². The molecule has 1 aliphatic rings. The smallest absolute Gasteiger partial charge is 0.0369 e. The molecule has 1 saturated carbocycles. The molecule has 0 aromatic heterocycles. The van der Waals surface area contributed by atoms with Crippen LogP contribution in [0.5, 0.6) is 0 Å². The predicted molar refractivity (Wildman–Crippen MR) is 87.3 cm³/mol. The number of anilines is 1. The van der Waals surface area contributed by atoms with Crippen molar-refractivity contribution in [3.63, 3.8) is 0 Å². The van der Waals surface area contributed by atoms with Crippen molar-refractivity contribution in [2.24, 2.45) is 0 Å². The molecule has 0 amide bonds.